The van der Waals surface area contributed by atoms with Gasteiger partial charge in [-0.3, -0.25) is 14.4 Å². The summed E-state index contributed by atoms with van der Waals surface area (Å²) in [7, 11) is 0. The summed E-state index contributed by atoms with van der Waals surface area (Å²) < 4.78 is 0.892. The first kappa shape index (κ1) is 30.4. The minimum Gasteiger partial charge on any atom is -0.325 e. The van der Waals surface area contributed by atoms with E-state index < -0.39 is 17.1 Å². The lowest BCUT2D eigenvalue weighted by Crippen LogP contribution is -2.30. The monoisotopic (exact) mass is 667 g/mol. The van der Waals surface area contributed by atoms with Gasteiger partial charge < -0.3 is 16.0 Å². The van der Waals surface area contributed by atoms with Gasteiger partial charge in [0.25, 0.3) is 11.8 Å². The van der Waals surface area contributed by atoms with E-state index in [1.165, 1.54) is 11.8 Å². The molecule has 6 nitrogen and oxygen atoms in total. The molecule has 0 radical (unpaired) electrons. The van der Waals surface area contributed by atoms with Crippen molar-refractivity contribution in [2.24, 2.45) is 0 Å². The third-order valence-corrected chi connectivity index (χ3v) is 8.03. The van der Waals surface area contributed by atoms with Crippen molar-refractivity contribution in [3.63, 3.8) is 0 Å². The van der Waals surface area contributed by atoms with Crippen LogP contribution in [-0.2, 0) is 9.59 Å². The number of hydrogen-bond donors (Lipinski definition) is 3. The van der Waals surface area contributed by atoms with E-state index in [4.69, 9.17) is 23.2 Å². The molecule has 0 saturated carbocycles. The zero-order valence-electron chi connectivity index (χ0n) is 21.7. The van der Waals surface area contributed by atoms with Gasteiger partial charge in [-0.2, -0.15) is 0 Å². The molecular formula is C31H24BrCl2N3O3S. The summed E-state index contributed by atoms with van der Waals surface area (Å²) in [4.78, 5) is 39.7. The van der Waals surface area contributed by atoms with Crippen molar-refractivity contribution in [3.8, 4) is 0 Å². The van der Waals surface area contributed by atoms with Gasteiger partial charge in [0.1, 0.15) is 5.70 Å². The van der Waals surface area contributed by atoms with Crippen molar-refractivity contribution in [2.45, 2.75) is 17.1 Å². The second-order valence-electron chi connectivity index (χ2n) is 8.79. The Morgan fingerprint density at radius 3 is 2.22 bits per heavy atom. The van der Waals surface area contributed by atoms with E-state index in [1.807, 2.05) is 36.4 Å². The maximum absolute atomic E-state index is 13.4. The first-order valence-electron chi connectivity index (χ1n) is 12.4. The molecule has 3 amide bonds. The van der Waals surface area contributed by atoms with Crippen LogP contribution in [0.25, 0.3) is 6.08 Å². The van der Waals surface area contributed by atoms with Crippen LogP contribution in [0.3, 0.4) is 0 Å². The number of carbonyl (C=O) groups is 3. The summed E-state index contributed by atoms with van der Waals surface area (Å²) in [6, 6.07) is 28.0. The molecule has 0 heterocycles. The first-order chi connectivity index (χ1) is 19.7. The van der Waals surface area contributed by atoms with Crippen molar-refractivity contribution < 1.29 is 14.4 Å². The fraction of sp³-hybridized carbons (Fsp3) is 0.0645. The van der Waals surface area contributed by atoms with Crippen LogP contribution in [0.2, 0.25) is 10.0 Å². The highest BCUT2D eigenvalue weighted by molar-refractivity contribution is 9.10. The Labute approximate surface area is 260 Å². The average molecular weight is 669 g/mol. The van der Waals surface area contributed by atoms with Crippen LogP contribution in [0.4, 0.5) is 11.4 Å². The molecule has 0 spiro atoms. The zero-order valence-corrected chi connectivity index (χ0v) is 25.6. The number of benzene rings is 4. The van der Waals surface area contributed by atoms with E-state index in [1.54, 1.807) is 73.7 Å². The highest BCUT2D eigenvalue weighted by Gasteiger charge is 2.18. The lowest BCUT2D eigenvalue weighted by molar-refractivity contribution is -0.115. The molecular weight excluding hydrogens is 645 g/mol. The molecule has 4 aromatic carbocycles. The predicted octanol–water partition coefficient (Wildman–Crippen LogP) is 8.28. The zero-order chi connectivity index (χ0) is 29.4. The molecule has 0 aliphatic rings. The number of carbonyl (C=O) groups excluding carboxylic acids is 3. The average Bonchev–Trinajstić information content (AvgIpc) is 2.96. The highest BCUT2D eigenvalue weighted by atomic mass is 79.9. The standard InChI is InChI=1S/C31H24BrCl2N3O3S/c1-19(29(38)35-24-14-15-26(33)27(34)18-24)41-25-9-5-8-23(17-25)36-31(40)28(16-20-10-12-22(32)13-11-20)37-30(39)21-6-3-2-4-7-21/h2-19H,1H3,(H,35,38)(H,36,40)(H,37,39)/b28-16-. The van der Waals surface area contributed by atoms with E-state index in [-0.39, 0.29) is 11.6 Å². The molecule has 1 atom stereocenters. The number of amides is 3. The Morgan fingerprint density at radius 2 is 1.51 bits per heavy atom. The normalized spacial score (nSPS) is 11.9. The van der Waals surface area contributed by atoms with Crippen molar-refractivity contribution in [1.82, 2.24) is 5.32 Å². The van der Waals surface area contributed by atoms with Gasteiger partial charge in [0.05, 0.1) is 15.3 Å². The van der Waals surface area contributed by atoms with Gasteiger partial charge in [0, 0.05) is 26.3 Å². The topological polar surface area (TPSA) is 87.3 Å². The molecule has 0 saturated heterocycles. The van der Waals surface area contributed by atoms with Gasteiger partial charge in [0.2, 0.25) is 5.91 Å². The van der Waals surface area contributed by atoms with Crippen LogP contribution in [-0.4, -0.2) is 23.0 Å². The van der Waals surface area contributed by atoms with Gasteiger partial charge in [0.15, 0.2) is 0 Å². The molecule has 0 fully saturated rings. The van der Waals surface area contributed by atoms with Crippen molar-refractivity contribution in [3.05, 3.63) is 128 Å². The Hall–Kier alpha value is -3.56. The smallest absolute Gasteiger partial charge is 0.272 e. The van der Waals surface area contributed by atoms with Gasteiger partial charge in [-0.25, -0.2) is 0 Å². The fourth-order valence-electron chi connectivity index (χ4n) is 3.59. The van der Waals surface area contributed by atoms with E-state index in [0.29, 0.717) is 27.0 Å². The predicted molar refractivity (Wildman–Crippen MR) is 172 cm³/mol. The van der Waals surface area contributed by atoms with Gasteiger partial charge in [-0.15, -0.1) is 11.8 Å². The SMILES string of the molecule is CC(Sc1cccc(NC(=O)/C(=C/c2ccc(Br)cc2)NC(=O)c2ccccc2)c1)C(=O)Nc1ccc(Cl)c(Cl)c1. The van der Waals surface area contributed by atoms with Crippen molar-refractivity contribution >= 4 is 86.1 Å². The number of thioether (sulfide) groups is 1. The number of rotatable bonds is 9. The molecule has 0 bridgehead atoms. The summed E-state index contributed by atoms with van der Waals surface area (Å²) in [5, 5.41) is 8.71. The van der Waals surface area contributed by atoms with E-state index in [9.17, 15) is 14.4 Å². The summed E-state index contributed by atoms with van der Waals surface area (Å²) in [6.07, 6.45) is 1.61. The third-order valence-electron chi connectivity index (χ3n) is 5.67. The molecule has 0 aliphatic heterocycles. The first-order valence-corrected chi connectivity index (χ1v) is 14.8. The minimum absolute atomic E-state index is 0.0774. The Morgan fingerprint density at radius 1 is 0.805 bits per heavy atom. The summed E-state index contributed by atoms with van der Waals surface area (Å²) in [5.74, 6) is -1.12. The minimum atomic E-state index is -0.496. The number of nitrogens with one attached hydrogen (secondary N) is 3. The van der Waals surface area contributed by atoms with Crippen molar-refractivity contribution in [1.29, 1.82) is 0 Å². The molecule has 10 heteroatoms. The summed E-state index contributed by atoms with van der Waals surface area (Å²) >= 11 is 16.7. The van der Waals surface area contributed by atoms with E-state index in [2.05, 4.69) is 31.9 Å². The largest absolute Gasteiger partial charge is 0.325 e. The maximum Gasteiger partial charge on any atom is 0.272 e. The van der Waals surface area contributed by atoms with Crippen LogP contribution in [0.5, 0.6) is 0 Å². The third kappa shape index (κ3) is 8.96. The highest BCUT2D eigenvalue weighted by Crippen LogP contribution is 2.29. The Balaban J connectivity index is 1.47. The lowest BCUT2D eigenvalue weighted by Gasteiger charge is -2.14. The Kier molecular flexibility index (Phi) is 10.7. The van der Waals surface area contributed by atoms with Crippen LogP contribution >= 0.6 is 50.9 Å². The van der Waals surface area contributed by atoms with E-state index >= 15 is 0 Å². The number of anilines is 2. The fourth-order valence-corrected chi connectivity index (χ4v) is 5.08. The molecule has 0 aromatic heterocycles. The second-order valence-corrected chi connectivity index (χ2v) is 11.9. The molecule has 1 unspecified atom stereocenters. The van der Waals surface area contributed by atoms with Crippen LogP contribution in [0.1, 0.15) is 22.8 Å². The van der Waals surface area contributed by atoms with Gasteiger partial charge >= 0.3 is 0 Å². The number of hydrogen-bond acceptors (Lipinski definition) is 4. The maximum atomic E-state index is 13.4. The summed E-state index contributed by atoms with van der Waals surface area (Å²) in [6.45, 7) is 1.78. The van der Waals surface area contributed by atoms with Crippen LogP contribution in [0, 0.1) is 0 Å². The second kappa shape index (κ2) is 14.4. The van der Waals surface area contributed by atoms with Crippen LogP contribution < -0.4 is 16.0 Å². The molecule has 4 rings (SSSR count). The summed E-state index contributed by atoms with van der Waals surface area (Å²) in [5.41, 5.74) is 2.29. The van der Waals surface area contributed by atoms with Gasteiger partial charge in [-0.1, -0.05) is 75.5 Å². The molecule has 3 N–H and O–H groups in total. The number of halogens is 3. The molecule has 0 aliphatic carbocycles. The van der Waals surface area contributed by atoms with Crippen molar-refractivity contribution in [2.75, 3.05) is 10.6 Å². The van der Waals surface area contributed by atoms with E-state index in [0.717, 1.165) is 14.9 Å². The van der Waals surface area contributed by atoms with Crippen LogP contribution in [0.15, 0.2) is 112 Å². The van der Waals surface area contributed by atoms with Gasteiger partial charge in [-0.05, 0) is 79.2 Å². The molecule has 208 valence electrons. The quantitative estimate of drug-likeness (QED) is 0.124. The Bertz CT molecular complexity index is 1600. The molecule has 4 aromatic rings. The molecule has 41 heavy (non-hydrogen) atoms. The lowest BCUT2D eigenvalue weighted by atomic mass is 10.1.